The van der Waals surface area contributed by atoms with E-state index in [2.05, 4.69) is 15.4 Å². The predicted octanol–water partition coefficient (Wildman–Crippen LogP) is 3.14. The van der Waals surface area contributed by atoms with Crippen LogP contribution in [-0.4, -0.2) is 32.5 Å². The van der Waals surface area contributed by atoms with Gasteiger partial charge in [-0.1, -0.05) is 48.6 Å². The molecule has 0 spiro atoms. The van der Waals surface area contributed by atoms with Crippen LogP contribution in [0.5, 0.6) is 0 Å². The number of aliphatic hydroxyl groups is 1. The van der Waals surface area contributed by atoms with Crippen molar-refractivity contribution in [2.45, 2.75) is 25.1 Å². The van der Waals surface area contributed by atoms with Gasteiger partial charge in [0, 0.05) is 24.2 Å². The van der Waals surface area contributed by atoms with Crippen molar-refractivity contribution in [3.05, 3.63) is 90.0 Å². The number of hydrogen-bond acceptors (Lipinski definition) is 4. The smallest absolute Gasteiger partial charge is 0.137 e. The van der Waals surface area contributed by atoms with E-state index in [1.165, 1.54) is 23.4 Å². The Morgan fingerprint density at radius 2 is 2.00 bits per heavy atom. The monoisotopic (exact) mass is 384 g/mol. The highest BCUT2D eigenvalue weighted by atomic mass is 19.1. The minimum Gasteiger partial charge on any atom is -0.381 e. The van der Waals surface area contributed by atoms with E-state index in [-0.39, 0.29) is 12.1 Å². The Balaban J connectivity index is 1.78. The summed E-state index contributed by atoms with van der Waals surface area (Å²) in [5, 5.41) is 18.6. The van der Waals surface area contributed by atoms with Gasteiger partial charge in [-0.15, -0.1) is 0 Å². The SMILES string of the molecule is C[C@@H](NC/C=C/c1ccccc1)[C@](O)(Cn1cncn1)c1ccc(F)cc1F. The molecule has 0 bridgehead atoms. The summed E-state index contributed by atoms with van der Waals surface area (Å²) in [6.07, 6.45) is 6.65. The lowest BCUT2D eigenvalue weighted by atomic mass is 9.86. The second kappa shape index (κ2) is 8.86. The summed E-state index contributed by atoms with van der Waals surface area (Å²) in [6, 6.07) is 12.4. The summed E-state index contributed by atoms with van der Waals surface area (Å²) in [6.45, 7) is 2.17. The van der Waals surface area contributed by atoms with Gasteiger partial charge >= 0.3 is 0 Å². The molecule has 1 heterocycles. The van der Waals surface area contributed by atoms with Gasteiger partial charge in [0.15, 0.2) is 0 Å². The zero-order valence-corrected chi connectivity index (χ0v) is 15.5. The summed E-state index contributed by atoms with van der Waals surface area (Å²) in [5.74, 6) is -1.51. The standard InChI is InChI=1S/C21H22F2N4O/c1-16(25-11-5-8-17-6-3-2-4-7-17)21(28,13-27-15-24-14-26-27)19-10-9-18(22)12-20(19)23/h2-10,12,14-16,25,28H,11,13H2,1H3/b8-5+/t16-,21-/m1/s1. The largest absolute Gasteiger partial charge is 0.381 e. The third kappa shape index (κ3) is 4.68. The maximum absolute atomic E-state index is 14.5. The number of rotatable bonds is 8. The number of nitrogens with one attached hydrogen (secondary N) is 1. The maximum atomic E-state index is 14.5. The molecule has 0 amide bonds. The summed E-state index contributed by atoms with van der Waals surface area (Å²) in [4.78, 5) is 3.86. The van der Waals surface area contributed by atoms with Gasteiger partial charge in [0.1, 0.15) is 29.9 Å². The molecule has 2 N–H and O–H groups in total. The highest BCUT2D eigenvalue weighted by molar-refractivity contribution is 5.48. The molecule has 7 heteroatoms. The van der Waals surface area contributed by atoms with E-state index in [9.17, 15) is 13.9 Å². The molecular weight excluding hydrogens is 362 g/mol. The number of nitrogens with zero attached hydrogens (tertiary/aromatic N) is 3. The van der Waals surface area contributed by atoms with Crippen molar-refractivity contribution in [3.63, 3.8) is 0 Å². The number of benzene rings is 2. The van der Waals surface area contributed by atoms with Crippen LogP contribution in [0.4, 0.5) is 8.78 Å². The van der Waals surface area contributed by atoms with Gasteiger partial charge in [-0.3, -0.25) is 0 Å². The lowest BCUT2D eigenvalue weighted by molar-refractivity contribution is -0.0190. The molecule has 0 unspecified atom stereocenters. The lowest BCUT2D eigenvalue weighted by Gasteiger charge is -2.35. The highest BCUT2D eigenvalue weighted by Crippen LogP contribution is 2.30. The average Bonchev–Trinajstić information content (AvgIpc) is 3.18. The van der Waals surface area contributed by atoms with Crippen LogP contribution in [0.25, 0.3) is 6.08 Å². The van der Waals surface area contributed by atoms with Crippen LogP contribution in [-0.2, 0) is 12.1 Å². The van der Waals surface area contributed by atoms with Crippen molar-refractivity contribution in [2.24, 2.45) is 0 Å². The molecule has 2 aromatic carbocycles. The average molecular weight is 384 g/mol. The third-order valence-electron chi connectivity index (χ3n) is 4.64. The molecule has 146 valence electrons. The van der Waals surface area contributed by atoms with E-state index in [1.807, 2.05) is 42.5 Å². The lowest BCUT2D eigenvalue weighted by Crippen LogP contribution is -2.50. The van der Waals surface area contributed by atoms with Gasteiger partial charge < -0.3 is 10.4 Å². The first kappa shape index (κ1) is 19.9. The highest BCUT2D eigenvalue weighted by Gasteiger charge is 2.38. The van der Waals surface area contributed by atoms with Gasteiger partial charge in [-0.25, -0.2) is 18.4 Å². The van der Waals surface area contributed by atoms with Crippen molar-refractivity contribution in [2.75, 3.05) is 6.54 Å². The summed E-state index contributed by atoms with van der Waals surface area (Å²) in [5.41, 5.74) is -0.609. The third-order valence-corrected chi connectivity index (χ3v) is 4.64. The Morgan fingerprint density at radius 1 is 1.21 bits per heavy atom. The molecule has 0 aliphatic carbocycles. The Morgan fingerprint density at radius 3 is 2.68 bits per heavy atom. The normalized spacial score (nSPS) is 14.9. The molecule has 28 heavy (non-hydrogen) atoms. The topological polar surface area (TPSA) is 63.0 Å². The first-order valence-corrected chi connectivity index (χ1v) is 8.94. The Hall–Kier alpha value is -2.90. The molecular formula is C21H22F2N4O. The molecule has 0 aliphatic heterocycles. The first-order valence-electron chi connectivity index (χ1n) is 8.94. The summed E-state index contributed by atoms with van der Waals surface area (Å²) < 4.78 is 29.2. The molecule has 5 nitrogen and oxygen atoms in total. The zero-order valence-electron chi connectivity index (χ0n) is 15.5. The Labute approximate surface area is 162 Å². The van der Waals surface area contributed by atoms with Crippen LogP contribution < -0.4 is 5.32 Å². The van der Waals surface area contributed by atoms with E-state index >= 15 is 0 Å². The van der Waals surface area contributed by atoms with Gasteiger partial charge in [0.2, 0.25) is 0 Å². The Bertz CT molecular complexity index is 915. The van der Waals surface area contributed by atoms with Crippen LogP contribution in [0.2, 0.25) is 0 Å². The zero-order chi connectivity index (χ0) is 20.0. The van der Waals surface area contributed by atoms with Crippen LogP contribution in [0.15, 0.2) is 67.3 Å². The number of halogens is 2. The van der Waals surface area contributed by atoms with Crippen molar-refractivity contribution < 1.29 is 13.9 Å². The van der Waals surface area contributed by atoms with E-state index in [1.54, 1.807) is 6.92 Å². The molecule has 0 saturated heterocycles. The minimum absolute atomic E-state index is 0.00330. The molecule has 2 atom stereocenters. The van der Waals surface area contributed by atoms with Crippen LogP contribution in [0.3, 0.4) is 0 Å². The van der Waals surface area contributed by atoms with Crippen molar-refractivity contribution in [1.82, 2.24) is 20.1 Å². The Kier molecular flexibility index (Phi) is 6.28. The molecule has 0 fully saturated rings. The molecule has 3 rings (SSSR count). The van der Waals surface area contributed by atoms with Crippen LogP contribution >= 0.6 is 0 Å². The predicted molar refractivity (Wildman–Crippen MR) is 103 cm³/mol. The second-order valence-corrected chi connectivity index (χ2v) is 6.58. The van der Waals surface area contributed by atoms with E-state index in [0.29, 0.717) is 6.54 Å². The first-order chi connectivity index (χ1) is 13.5. The number of aromatic nitrogens is 3. The maximum Gasteiger partial charge on any atom is 0.137 e. The quantitative estimate of drug-likeness (QED) is 0.626. The molecule has 3 aromatic rings. The van der Waals surface area contributed by atoms with E-state index in [0.717, 1.165) is 17.7 Å². The molecule has 0 saturated carbocycles. The van der Waals surface area contributed by atoms with E-state index < -0.39 is 23.3 Å². The fourth-order valence-corrected chi connectivity index (χ4v) is 3.03. The minimum atomic E-state index is -1.66. The van der Waals surface area contributed by atoms with Crippen molar-refractivity contribution in [1.29, 1.82) is 0 Å². The van der Waals surface area contributed by atoms with Crippen molar-refractivity contribution >= 4 is 6.08 Å². The molecule has 1 aromatic heterocycles. The summed E-state index contributed by atoms with van der Waals surface area (Å²) in [7, 11) is 0. The summed E-state index contributed by atoms with van der Waals surface area (Å²) >= 11 is 0. The molecule has 0 aliphatic rings. The van der Waals surface area contributed by atoms with Gasteiger partial charge in [0.25, 0.3) is 0 Å². The second-order valence-electron chi connectivity index (χ2n) is 6.58. The van der Waals surface area contributed by atoms with Crippen LogP contribution in [0, 0.1) is 11.6 Å². The number of hydrogen-bond donors (Lipinski definition) is 2. The molecule has 0 radical (unpaired) electrons. The van der Waals surface area contributed by atoms with Gasteiger partial charge in [0.05, 0.1) is 6.54 Å². The van der Waals surface area contributed by atoms with Crippen LogP contribution in [0.1, 0.15) is 18.1 Å². The van der Waals surface area contributed by atoms with Crippen molar-refractivity contribution in [3.8, 4) is 0 Å². The van der Waals surface area contributed by atoms with E-state index in [4.69, 9.17) is 0 Å². The fourth-order valence-electron chi connectivity index (χ4n) is 3.03. The van der Waals surface area contributed by atoms with Gasteiger partial charge in [-0.05, 0) is 18.6 Å². The fraction of sp³-hybridized carbons (Fsp3) is 0.238. The van der Waals surface area contributed by atoms with Gasteiger partial charge in [-0.2, -0.15) is 5.10 Å².